The highest BCUT2D eigenvalue weighted by Crippen LogP contribution is 2.14. The number of allylic oxidation sites excluding steroid dienone is 1. The van der Waals surface area contributed by atoms with Crippen molar-refractivity contribution in [2.45, 2.75) is 59.3 Å². The summed E-state index contributed by atoms with van der Waals surface area (Å²) in [4.78, 5) is 11.3. The Morgan fingerprint density at radius 2 is 1.81 bits per heavy atom. The number of carbonyl (C=O) groups is 1. The van der Waals surface area contributed by atoms with Gasteiger partial charge in [0.25, 0.3) is 0 Å². The molecule has 0 rings (SSSR count). The number of carbonyl (C=O) groups excluding carboxylic acids is 1. The van der Waals surface area contributed by atoms with E-state index in [1.165, 1.54) is 12.8 Å². The smallest absolute Gasteiger partial charge is 0.305 e. The Morgan fingerprint density at radius 1 is 1.19 bits per heavy atom. The van der Waals surface area contributed by atoms with Crippen molar-refractivity contribution in [1.82, 2.24) is 0 Å². The average Bonchev–Trinajstić information content (AvgIpc) is 2.19. The van der Waals surface area contributed by atoms with Gasteiger partial charge in [0.2, 0.25) is 0 Å². The summed E-state index contributed by atoms with van der Waals surface area (Å²) in [5.74, 6) is -0.0568. The van der Waals surface area contributed by atoms with E-state index in [1.807, 2.05) is 6.08 Å². The Morgan fingerprint density at radius 3 is 2.38 bits per heavy atom. The maximum Gasteiger partial charge on any atom is 0.305 e. The topological polar surface area (TPSA) is 26.3 Å². The summed E-state index contributed by atoms with van der Waals surface area (Å²) in [6.07, 6.45) is 7.99. The van der Waals surface area contributed by atoms with Crippen LogP contribution in [0.2, 0.25) is 0 Å². The maximum atomic E-state index is 11.3. The van der Waals surface area contributed by atoms with E-state index >= 15 is 0 Å². The molecule has 0 aliphatic heterocycles. The Hall–Kier alpha value is -0.790. The quantitative estimate of drug-likeness (QED) is 0.354. The number of rotatable bonds is 8. The van der Waals surface area contributed by atoms with Gasteiger partial charge in [0.1, 0.15) is 0 Å². The SMILES string of the molecule is C=CCCCCCCC(=O)OCC(C)(C)C. The van der Waals surface area contributed by atoms with Crippen LogP contribution in [0.4, 0.5) is 0 Å². The van der Waals surface area contributed by atoms with E-state index in [4.69, 9.17) is 4.74 Å². The molecule has 2 nitrogen and oxygen atoms in total. The van der Waals surface area contributed by atoms with Gasteiger partial charge in [-0.05, 0) is 24.7 Å². The van der Waals surface area contributed by atoms with Crippen LogP contribution in [0.3, 0.4) is 0 Å². The third kappa shape index (κ3) is 11.3. The largest absolute Gasteiger partial charge is 0.465 e. The van der Waals surface area contributed by atoms with Crippen molar-refractivity contribution < 1.29 is 9.53 Å². The first-order chi connectivity index (χ1) is 7.45. The van der Waals surface area contributed by atoms with E-state index in [-0.39, 0.29) is 11.4 Å². The molecule has 0 aromatic heterocycles. The van der Waals surface area contributed by atoms with Gasteiger partial charge >= 0.3 is 5.97 Å². The van der Waals surface area contributed by atoms with E-state index in [0.717, 1.165) is 19.3 Å². The first-order valence-corrected chi connectivity index (χ1v) is 6.22. The Labute approximate surface area is 100 Å². The summed E-state index contributed by atoms with van der Waals surface area (Å²) in [6, 6.07) is 0. The molecule has 0 aromatic rings. The van der Waals surface area contributed by atoms with Crippen LogP contribution in [0.5, 0.6) is 0 Å². The Kier molecular flexibility index (Phi) is 7.96. The first-order valence-electron chi connectivity index (χ1n) is 6.22. The number of hydrogen-bond acceptors (Lipinski definition) is 2. The minimum Gasteiger partial charge on any atom is -0.465 e. The molecule has 2 heteroatoms. The normalized spacial score (nSPS) is 11.2. The van der Waals surface area contributed by atoms with Crippen LogP contribution >= 0.6 is 0 Å². The molecule has 0 amide bonds. The van der Waals surface area contributed by atoms with Crippen molar-refractivity contribution in [3.8, 4) is 0 Å². The van der Waals surface area contributed by atoms with Gasteiger partial charge in [0.15, 0.2) is 0 Å². The summed E-state index contributed by atoms with van der Waals surface area (Å²) >= 11 is 0. The third-order valence-electron chi connectivity index (χ3n) is 2.21. The van der Waals surface area contributed by atoms with Gasteiger partial charge in [-0.3, -0.25) is 4.79 Å². The van der Waals surface area contributed by atoms with Gasteiger partial charge in [0.05, 0.1) is 6.61 Å². The second kappa shape index (κ2) is 8.37. The zero-order valence-corrected chi connectivity index (χ0v) is 11.1. The molecular formula is C14H26O2. The summed E-state index contributed by atoms with van der Waals surface area (Å²) in [5.41, 5.74) is 0.0691. The molecule has 0 aliphatic carbocycles. The van der Waals surface area contributed by atoms with E-state index in [1.54, 1.807) is 0 Å². The molecule has 0 saturated carbocycles. The lowest BCUT2D eigenvalue weighted by Gasteiger charge is -2.17. The van der Waals surface area contributed by atoms with Crippen molar-refractivity contribution in [2.75, 3.05) is 6.61 Å². The molecule has 0 fully saturated rings. The van der Waals surface area contributed by atoms with Crippen LogP contribution in [0, 0.1) is 5.41 Å². The molecule has 0 heterocycles. The lowest BCUT2D eigenvalue weighted by molar-refractivity contribution is -0.146. The molecular weight excluding hydrogens is 200 g/mol. The maximum absolute atomic E-state index is 11.3. The van der Waals surface area contributed by atoms with Crippen molar-refractivity contribution in [2.24, 2.45) is 5.41 Å². The first kappa shape index (κ1) is 15.2. The molecule has 0 saturated heterocycles. The molecule has 0 radical (unpaired) electrons. The molecule has 0 aromatic carbocycles. The monoisotopic (exact) mass is 226 g/mol. The van der Waals surface area contributed by atoms with Gasteiger partial charge in [-0.15, -0.1) is 6.58 Å². The van der Waals surface area contributed by atoms with E-state index in [0.29, 0.717) is 13.0 Å². The van der Waals surface area contributed by atoms with Crippen molar-refractivity contribution in [1.29, 1.82) is 0 Å². The zero-order chi connectivity index (χ0) is 12.4. The summed E-state index contributed by atoms with van der Waals surface area (Å²) in [5, 5.41) is 0. The Balaban J connectivity index is 3.34. The highest BCUT2D eigenvalue weighted by molar-refractivity contribution is 5.69. The van der Waals surface area contributed by atoms with Crippen LogP contribution < -0.4 is 0 Å². The second-order valence-electron chi connectivity index (χ2n) is 5.46. The summed E-state index contributed by atoms with van der Waals surface area (Å²) in [6.45, 7) is 10.4. The molecule has 16 heavy (non-hydrogen) atoms. The molecule has 0 spiro atoms. The zero-order valence-electron chi connectivity index (χ0n) is 11.1. The third-order valence-corrected chi connectivity index (χ3v) is 2.21. The van der Waals surface area contributed by atoms with Crippen LogP contribution in [-0.4, -0.2) is 12.6 Å². The molecule has 0 unspecified atom stereocenters. The summed E-state index contributed by atoms with van der Waals surface area (Å²) in [7, 11) is 0. The van der Waals surface area contributed by atoms with Crippen molar-refractivity contribution >= 4 is 5.97 Å². The molecule has 0 atom stereocenters. The highest BCUT2D eigenvalue weighted by Gasteiger charge is 2.13. The predicted octanol–water partition coefficient (Wildman–Crippen LogP) is 4.10. The number of hydrogen-bond donors (Lipinski definition) is 0. The van der Waals surface area contributed by atoms with Crippen LogP contribution in [0.1, 0.15) is 59.3 Å². The van der Waals surface area contributed by atoms with Crippen LogP contribution in [-0.2, 0) is 9.53 Å². The van der Waals surface area contributed by atoms with E-state index in [9.17, 15) is 4.79 Å². The number of unbranched alkanes of at least 4 members (excludes halogenated alkanes) is 4. The van der Waals surface area contributed by atoms with E-state index < -0.39 is 0 Å². The van der Waals surface area contributed by atoms with Gasteiger partial charge in [-0.25, -0.2) is 0 Å². The van der Waals surface area contributed by atoms with Crippen LogP contribution in [0.15, 0.2) is 12.7 Å². The van der Waals surface area contributed by atoms with Gasteiger partial charge < -0.3 is 4.74 Å². The standard InChI is InChI=1S/C14H26O2/c1-5-6-7-8-9-10-11-13(15)16-12-14(2,3)4/h5H,1,6-12H2,2-4H3. The molecule has 94 valence electrons. The van der Waals surface area contributed by atoms with Crippen molar-refractivity contribution in [3.63, 3.8) is 0 Å². The van der Waals surface area contributed by atoms with Crippen molar-refractivity contribution in [3.05, 3.63) is 12.7 Å². The van der Waals surface area contributed by atoms with E-state index in [2.05, 4.69) is 27.4 Å². The van der Waals surface area contributed by atoms with Gasteiger partial charge in [-0.1, -0.05) is 39.7 Å². The Bertz CT molecular complexity index is 201. The number of esters is 1. The minimum atomic E-state index is -0.0568. The second-order valence-corrected chi connectivity index (χ2v) is 5.46. The van der Waals surface area contributed by atoms with Gasteiger partial charge in [-0.2, -0.15) is 0 Å². The molecule has 0 aliphatic rings. The number of ether oxygens (including phenoxy) is 1. The molecule has 0 N–H and O–H groups in total. The van der Waals surface area contributed by atoms with Crippen LogP contribution in [0.25, 0.3) is 0 Å². The fourth-order valence-electron chi connectivity index (χ4n) is 1.28. The fourth-order valence-corrected chi connectivity index (χ4v) is 1.28. The average molecular weight is 226 g/mol. The van der Waals surface area contributed by atoms with Gasteiger partial charge in [0, 0.05) is 6.42 Å². The lowest BCUT2D eigenvalue weighted by atomic mass is 9.99. The summed E-state index contributed by atoms with van der Waals surface area (Å²) < 4.78 is 5.18. The highest BCUT2D eigenvalue weighted by atomic mass is 16.5. The fraction of sp³-hybridized carbons (Fsp3) is 0.786. The molecule has 0 bridgehead atoms. The minimum absolute atomic E-state index is 0.0568. The lowest BCUT2D eigenvalue weighted by Crippen LogP contribution is -2.18. The predicted molar refractivity (Wildman–Crippen MR) is 68.3 cm³/mol.